The summed E-state index contributed by atoms with van der Waals surface area (Å²) in [5.74, 6) is 0.857. The molecule has 2 heterocycles. The fourth-order valence-electron chi connectivity index (χ4n) is 2.48. The third-order valence-corrected chi connectivity index (χ3v) is 4.76. The van der Waals surface area contributed by atoms with Gasteiger partial charge >= 0.3 is 6.01 Å². The van der Waals surface area contributed by atoms with Crippen molar-refractivity contribution in [2.45, 2.75) is 33.1 Å². The van der Waals surface area contributed by atoms with Crippen LogP contribution in [0.15, 0.2) is 6.07 Å². The number of thiophene rings is 1. The first kappa shape index (κ1) is 14.1. The summed E-state index contributed by atoms with van der Waals surface area (Å²) in [7, 11) is 0. The predicted octanol–water partition coefficient (Wildman–Crippen LogP) is 2.64. The molecule has 2 aromatic rings. The maximum atomic E-state index is 12.3. The van der Waals surface area contributed by atoms with Gasteiger partial charge in [0.15, 0.2) is 0 Å². The number of aromatic amines is 1. The van der Waals surface area contributed by atoms with Gasteiger partial charge < -0.3 is 4.74 Å². The number of carbonyl (C=O) groups excluding carboxylic acids is 1. The van der Waals surface area contributed by atoms with Crippen LogP contribution in [0, 0.1) is 5.92 Å². The zero-order chi connectivity index (χ0) is 14.8. The Bertz CT molecular complexity index is 649. The number of fused-ring (bicyclic) bond motifs is 1. The Morgan fingerprint density at radius 3 is 3.29 bits per heavy atom. The van der Waals surface area contributed by atoms with E-state index in [9.17, 15) is 4.79 Å². The van der Waals surface area contributed by atoms with Crippen molar-refractivity contribution in [1.29, 1.82) is 0 Å². The molecule has 1 unspecified atom stereocenters. The molecule has 0 spiro atoms. The summed E-state index contributed by atoms with van der Waals surface area (Å²) in [5.41, 5.74) is 1.32. The Morgan fingerprint density at radius 2 is 2.48 bits per heavy atom. The van der Waals surface area contributed by atoms with E-state index < -0.39 is 0 Å². The number of anilines is 1. The monoisotopic (exact) mass is 306 g/mol. The van der Waals surface area contributed by atoms with Crippen molar-refractivity contribution >= 4 is 23.2 Å². The second-order valence-corrected chi connectivity index (χ2v) is 6.40. The highest BCUT2D eigenvalue weighted by molar-refractivity contribution is 7.14. The fourth-order valence-corrected chi connectivity index (χ4v) is 3.59. The number of hydrogen-bond donors (Lipinski definition) is 2. The van der Waals surface area contributed by atoms with E-state index in [2.05, 4.69) is 27.4 Å². The van der Waals surface area contributed by atoms with Crippen molar-refractivity contribution < 1.29 is 9.53 Å². The molecule has 3 rings (SSSR count). The standard InChI is InChI=1S/C14H18N4O2S/c1-3-20-14-16-13(17-18-14)15-12(19)11-7-9-6-8(2)4-5-10(9)21-11/h7-8H,3-6H2,1-2H3,(H2,15,16,17,18,19). The molecule has 6 nitrogen and oxygen atoms in total. The number of H-pyrrole nitrogens is 1. The van der Waals surface area contributed by atoms with Gasteiger partial charge in [0.2, 0.25) is 5.95 Å². The molecule has 2 aromatic heterocycles. The van der Waals surface area contributed by atoms with Gasteiger partial charge in [-0.15, -0.1) is 16.4 Å². The summed E-state index contributed by atoms with van der Waals surface area (Å²) >= 11 is 1.58. The summed E-state index contributed by atoms with van der Waals surface area (Å²) in [6.45, 7) is 4.59. The highest BCUT2D eigenvalue weighted by Gasteiger charge is 2.21. The van der Waals surface area contributed by atoms with Crippen LogP contribution in [0.1, 0.15) is 40.4 Å². The topological polar surface area (TPSA) is 79.9 Å². The molecule has 21 heavy (non-hydrogen) atoms. The fraction of sp³-hybridized carbons (Fsp3) is 0.500. The molecule has 0 saturated heterocycles. The largest absolute Gasteiger partial charge is 0.463 e. The van der Waals surface area contributed by atoms with Crippen molar-refractivity contribution in [3.05, 3.63) is 21.4 Å². The number of nitrogens with one attached hydrogen (secondary N) is 2. The van der Waals surface area contributed by atoms with E-state index in [1.54, 1.807) is 11.3 Å². The average molecular weight is 306 g/mol. The van der Waals surface area contributed by atoms with Crippen molar-refractivity contribution in [1.82, 2.24) is 15.2 Å². The Balaban J connectivity index is 1.70. The van der Waals surface area contributed by atoms with E-state index in [0.717, 1.165) is 17.7 Å². The maximum Gasteiger partial charge on any atom is 0.337 e. The minimum Gasteiger partial charge on any atom is -0.463 e. The lowest BCUT2D eigenvalue weighted by atomic mass is 9.90. The summed E-state index contributed by atoms with van der Waals surface area (Å²) in [6, 6.07) is 2.25. The maximum absolute atomic E-state index is 12.3. The minimum atomic E-state index is -0.152. The second kappa shape index (κ2) is 5.85. The number of ether oxygens (including phenoxy) is 1. The quantitative estimate of drug-likeness (QED) is 0.910. The van der Waals surface area contributed by atoms with Crippen molar-refractivity contribution in [3.63, 3.8) is 0 Å². The van der Waals surface area contributed by atoms with Crippen molar-refractivity contribution in [2.75, 3.05) is 11.9 Å². The number of nitrogens with zero attached hydrogens (tertiary/aromatic N) is 2. The summed E-state index contributed by atoms with van der Waals surface area (Å²) < 4.78 is 5.15. The molecule has 0 radical (unpaired) electrons. The Kier molecular flexibility index (Phi) is 3.92. The Hall–Kier alpha value is -1.89. The highest BCUT2D eigenvalue weighted by Crippen LogP contribution is 2.32. The van der Waals surface area contributed by atoms with Gasteiger partial charge in [-0.2, -0.15) is 4.98 Å². The number of hydrogen-bond acceptors (Lipinski definition) is 5. The van der Waals surface area contributed by atoms with Crippen LogP contribution in [0.4, 0.5) is 5.95 Å². The average Bonchev–Trinajstić information content (AvgIpc) is 3.05. The molecule has 1 amide bonds. The number of amides is 1. The van der Waals surface area contributed by atoms with Gasteiger partial charge in [-0.05, 0) is 43.7 Å². The van der Waals surface area contributed by atoms with Crippen LogP contribution in [-0.2, 0) is 12.8 Å². The van der Waals surface area contributed by atoms with Gasteiger partial charge in [-0.3, -0.25) is 10.1 Å². The van der Waals surface area contributed by atoms with E-state index in [1.807, 2.05) is 13.0 Å². The van der Waals surface area contributed by atoms with E-state index in [4.69, 9.17) is 4.74 Å². The van der Waals surface area contributed by atoms with E-state index >= 15 is 0 Å². The summed E-state index contributed by atoms with van der Waals surface area (Å²) in [6.07, 6.45) is 3.34. The van der Waals surface area contributed by atoms with E-state index in [1.165, 1.54) is 16.9 Å². The molecular formula is C14H18N4O2S. The molecule has 1 aliphatic rings. The van der Waals surface area contributed by atoms with Crippen LogP contribution in [-0.4, -0.2) is 27.7 Å². The SMILES string of the molecule is CCOc1n[nH]c(NC(=O)c2cc3c(s2)CCC(C)C3)n1. The third-order valence-electron chi connectivity index (χ3n) is 3.52. The smallest absolute Gasteiger partial charge is 0.337 e. The molecule has 0 aromatic carbocycles. The van der Waals surface area contributed by atoms with Gasteiger partial charge in [0.1, 0.15) is 0 Å². The van der Waals surface area contributed by atoms with Crippen molar-refractivity contribution in [2.24, 2.45) is 5.92 Å². The lowest BCUT2D eigenvalue weighted by Gasteiger charge is -2.16. The number of aryl methyl sites for hydroxylation is 1. The van der Waals surface area contributed by atoms with Crippen LogP contribution in [0.5, 0.6) is 6.01 Å². The van der Waals surface area contributed by atoms with Crippen LogP contribution < -0.4 is 10.1 Å². The van der Waals surface area contributed by atoms with Crippen LogP contribution in [0.3, 0.4) is 0 Å². The highest BCUT2D eigenvalue weighted by atomic mass is 32.1. The van der Waals surface area contributed by atoms with Crippen LogP contribution >= 0.6 is 11.3 Å². The van der Waals surface area contributed by atoms with Crippen molar-refractivity contribution in [3.8, 4) is 6.01 Å². The minimum absolute atomic E-state index is 0.152. The lowest BCUT2D eigenvalue weighted by Crippen LogP contribution is -2.11. The summed E-state index contributed by atoms with van der Waals surface area (Å²) in [4.78, 5) is 18.4. The van der Waals surface area contributed by atoms with Crippen LogP contribution in [0.25, 0.3) is 0 Å². The molecule has 0 fully saturated rings. The zero-order valence-electron chi connectivity index (χ0n) is 12.1. The number of carbonyl (C=O) groups is 1. The Labute approximate surface area is 126 Å². The first-order chi connectivity index (χ1) is 10.2. The first-order valence-corrected chi connectivity index (χ1v) is 7.95. The molecular weight excluding hydrogens is 288 g/mol. The second-order valence-electron chi connectivity index (χ2n) is 5.26. The van der Waals surface area contributed by atoms with Gasteiger partial charge in [-0.1, -0.05) is 6.92 Å². The predicted molar refractivity (Wildman–Crippen MR) is 81.0 cm³/mol. The number of rotatable bonds is 4. The lowest BCUT2D eigenvalue weighted by molar-refractivity contribution is 0.102. The van der Waals surface area contributed by atoms with E-state index in [0.29, 0.717) is 18.5 Å². The summed E-state index contributed by atoms with van der Waals surface area (Å²) in [5, 5.41) is 9.22. The third kappa shape index (κ3) is 3.07. The molecule has 0 bridgehead atoms. The Morgan fingerprint density at radius 1 is 1.62 bits per heavy atom. The van der Waals surface area contributed by atoms with Gasteiger partial charge in [0.25, 0.3) is 5.91 Å². The molecule has 0 aliphatic heterocycles. The molecule has 2 N–H and O–H groups in total. The van der Waals surface area contributed by atoms with Crippen LogP contribution in [0.2, 0.25) is 0 Å². The molecule has 1 atom stereocenters. The zero-order valence-corrected chi connectivity index (χ0v) is 12.9. The normalized spacial score (nSPS) is 17.3. The van der Waals surface area contributed by atoms with Gasteiger partial charge in [0, 0.05) is 4.88 Å². The molecule has 112 valence electrons. The van der Waals surface area contributed by atoms with Gasteiger partial charge in [-0.25, -0.2) is 5.10 Å². The van der Waals surface area contributed by atoms with Gasteiger partial charge in [0.05, 0.1) is 11.5 Å². The van der Waals surface area contributed by atoms with E-state index in [-0.39, 0.29) is 11.9 Å². The molecule has 0 saturated carbocycles. The molecule has 1 aliphatic carbocycles. The molecule has 7 heteroatoms. The number of aromatic nitrogens is 3. The first-order valence-electron chi connectivity index (χ1n) is 7.14.